The number of nitrogens with one attached hydrogen (secondary N) is 1. The van der Waals surface area contributed by atoms with E-state index in [1.807, 2.05) is 18.2 Å². The predicted octanol–water partition coefficient (Wildman–Crippen LogP) is 2.15. The SMILES string of the molecule is Cl.Cl.NCC1CCCC1NC(=O)CCc1nc(-c2ccccn2)no1. The van der Waals surface area contributed by atoms with E-state index in [9.17, 15) is 4.79 Å². The molecule has 2 heterocycles. The third kappa shape index (κ3) is 5.66. The summed E-state index contributed by atoms with van der Waals surface area (Å²) in [5, 5.41) is 6.96. The number of halogens is 2. The molecule has 0 spiro atoms. The van der Waals surface area contributed by atoms with Crippen molar-refractivity contribution >= 4 is 30.7 Å². The zero-order valence-corrected chi connectivity index (χ0v) is 15.4. The van der Waals surface area contributed by atoms with Crippen LogP contribution >= 0.6 is 24.8 Å². The van der Waals surface area contributed by atoms with E-state index in [2.05, 4.69) is 20.4 Å². The van der Waals surface area contributed by atoms with Gasteiger partial charge in [0.1, 0.15) is 5.69 Å². The van der Waals surface area contributed by atoms with E-state index < -0.39 is 0 Å². The number of carbonyl (C=O) groups excluding carboxylic acids is 1. The van der Waals surface area contributed by atoms with E-state index in [1.165, 1.54) is 0 Å². The Labute approximate surface area is 159 Å². The molecule has 138 valence electrons. The third-order valence-electron chi connectivity index (χ3n) is 4.24. The molecule has 0 aromatic carbocycles. The number of hydrogen-bond acceptors (Lipinski definition) is 6. The molecular weight excluding hydrogens is 365 g/mol. The van der Waals surface area contributed by atoms with Crippen LogP contribution in [0.1, 0.15) is 31.6 Å². The van der Waals surface area contributed by atoms with Gasteiger partial charge in [0.25, 0.3) is 0 Å². The first-order chi connectivity index (χ1) is 11.3. The van der Waals surface area contributed by atoms with Gasteiger partial charge in [0, 0.05) is 25.1 Å². The van der Waals surface area contributed by atoms with Crippen molar-refractivity contribution in [1.82, 2.24) is 20.4 Å². The summed E-state index contributed by atoms with van der Waals surface area (Å²) >= 11 is 0. The molecule has 2 atom stereocenters. The highest BCUT2D eigenvalue weighted by Gasteiger charge is 2.27. The Hall–Kier alpha value is -1.70. The molecule has 2 aromatic rings. The fourth-order valence-electron chi connectivity index (χ4n) is 2.96. The van der Waals surface area contributed by atoms with Crippen molar-refractivity contribution in [1.29, 1.82) is 0 Å². The highest BCUT2D eigenvalue weighted by atomic mass is 35.5. The average molecular weight is 388 g/mol. The van der Waals surface area contributed by atoms with Crippen LogP contribution in [0.2, 0.25) is 0 Å². The fourth-order valence-corrected chi connectivity index (χ4v) is 2.96. The maximum absolute atomic E-state index is 12.1. The second-order valence-electron chi connectivity index (χ2n) is 5.83. The van der Waals surface area contributed by atoms with Gasteiger partial charge in [-0.3, -0.25) is 9.78 Å². The molecule has 0 bridgehead atoms. The van der Waals surface area contributed by atoms with Crippen molar-refractivity contribution < 1.29 is 9.32 Å². The lowest BCUT2D eigenvalue weighted by molar-refractivity contribution is -0.122. The summed E-state index contributed by atoms with van der Waals surface area (Å²) < 4.78 is 5.18. The van der Waals surface area contributed by atoms with Crippen molar-refractivity contribution in [3.63, 3.8) is 0 Å². The predicted molar refractivity (Wildman–Crippen MR) is 98.7 cm³/mol. The fraction of sp³-hybridized carbons (Fsp3) is 0.500. The second-order valence-corrected chi connectivity index (χ2v) is 5.83. The lowest BCUT2D eigenvalue weighted by atomic mass is 10.0. The van der Waals surface area contributed by atoms with Crippen LogP contribution in [-0.4, -0.2) is 33.6 Å². The maximum atomic E-state index is 12.1. The van der Waals surface area contributed by atoms with Crippen LogP contribution in [0, 0.1) is 5.92 Å². The van der Waals surface area contributed by atoms with E-state index in [0.717, 1.165) is 19.3 Å². The number of nitrogens with two attached hydrogens (primary N) is 1. The molecule has 3 N–H and O–H groups in total. The molecule has 1 saturated carbocycles. The summed E-state index contributed by atoms with van der Waals surface area (Å²) in [5.41, 5.74) is 6.39. The Morgan fingerprint density at radius 2 is 2.16 bits per heavy atom. The molecule has 0 saturated heterocycles. The molecule has 2 aromatic heterocycles. The van der Waals surface area contributed by atoms with Gasteiger partial charge in [0.15, 0.2) is 0 Å². The number of aromatic nitrogens is 3. The van der Waals surface area contributed by atoms with Crippen molar-refractivity contribution in [3.05, 3.63) is 30.3 Å². The molecule has 1 aliphatic carbocycles. The van der Waals surface area contributed by atoms with Crippen LogP contribution in [-0.2, 0) is 11.2 Å². The molecule has 0 aliphatic heterocycles. The van der Waals surface area contributed by atoms with E-state index in [1.54, 1.807) is 6.20 Å². The summed E-state index contributed by atoms with van der Waals surface area (Å²) in [4.78, 5) is 20.5. The standard InChI is InChI=1S/C16H21N5O2.2ClH/c17-10-11-4-3-6-12(11)19-14(22)7-8-15-20-16(21-23-15)13-5-1-2-9-18-13;;/h1-2,5,9,11-12H,3-4,6-8,10,17H2,(H,19,22);2*1H. The molecule has 1 aliphatic rings. The lowest BCUT2D eigenvalue weighted by Crippen LogP contribution is -2.39. The second kappa shape index (κ2) is 10.3. The quantitative estimate of drug-likeness (QED) is 0.785. The van der Waals surface area contributed by atoms with Crippen LogP contribution < -0.4 is 11.1 Å². The molecule has 25 heavy (non-hydrogen) atoms. The number of hydrogen-bond donors (Lipinski definition) is 2. The number of aryl methyl sites for hydroxylation is 1. The van der Waals surface area contributed by atoms with Gasteiger partial charge in [-0.1, -0.05) is 17.6 Å². The number of amides is 1. The smallest absolute Gasteiger partial charge is 0.227 e. The van der Waals surface area contributed by atoms with Gasteiger partial charge in [-0.25, -0.2) is 0 Å². The minimum Gasteiger partial charge on any atom is -0.353 e. The van der Waals surface area contributed by atoms with Crippen molar-refractivity contribution in [2.24, 2.45) is 11.7 Å². The summed E-state index contributed by atoms with van der Waals surface area (Å²) in [6, 6.07) is 5.71. The van der Waals surface area contributed by atoms with Gasteiger partial charge in [-0.15, -0.1) is 24.8 Å². The summed E-state index contributed by atoms with van der Waals surface area (Å²) in [6.07, 6.45) is 5.66. The lowest BCUT2D eigenvalue weighted by Gasteiger charge is -2.19. The highest BCUT2D eigenvalue weighted by Crippen LogP contribution is 2.24. The first-order valence-corrected chi connectivity index (χ1v) is 7.99. The van der Waals surface area contributed by atoms with E-state index in [4.69, 9.17) is 10.3 Å². The first-order valence-electron chi connectivity index (χ1n) is 7.99. The van der Waals surface area contributed by atoms with Crippen LogP contribution in [0.15, 0.2) is 28.9 Å². The number of nitrogens with zero attached hydrogens (tertiary/aromatic N) is 3. The molecule has 3 rings (SSSR count). The summed E-state index contributed by atoms with van der Waals surface area (Å²) in [7, 11) is 0. The minimum atomic E-state index is 0. The summed E-state index contributed by atoms with van der Waals surface area (Å²) in [6.45, 7) is 0.627. The van der Waals surface area contributed by atoms with Crippen LogP contribution in [0.4, 0.5) is 0 Å². The Bertz CT molecular complexity index is 653. The normalized spacial score (nSPS) is 18.9. The topological polar surface area (TPSA) is 107 Å². The van der Waals surface area contributed by atoms with Crippen LogP contribution in [0.25, 0.3) is 11.5 Å². The maximum Gasteiger partial charge on any atom is 0.227 e. The van der Waals surface area contributed by atoms with Gasteiger partial charge >= 0.3 is 0 Å². The molecule has 1 amide bonds. The van der Waals surface area contributed by atoms with Crippen LogP contribution in [0.3, 0.4) is 0 Å². The molecule has 7 nitrogen and oxygen atoms in total. The first kappa shape index (κ1) is 21.3. The van der Waals surface area contributed by atoms with E-state index >= 15 is 0 Å². The Morgan fingerprint density at radius 3 is 2.88 bits per heavy atom. The Morgan fingerprint density at radius 1 is 1.32 bits per heavy atom. The number of carbonyl (C=O) groups is 1. The highest BCUT2D eigenvalue weighted by molar-refractivity contribution is 5.85. The zero-order chi connectivity index (χ0) is 16.1. The Balaban J connectivity index is 0.00000156. The zero-order valence-electron chi connectivity index (χ0n) is 13.8. The molecule has 9 heteroatoms. The Kier molecular flexibility index (Phi) is 8.82. The number of pyridine rings is 1. The molecule has 1 fully saturated rings. The molecular formula is C16H23Cl2N5O2. The monoisotopic (exact) mass is 387 g/mol. The van der Waals surface area contributed by atoms with E-state index in [-0.39, 0.29) is 36.8 Å². The van der Waals surface area contributed by atoms with Crippen molar-refractivity contribution in [2.45, 2.75) is 38.1 Å². The molecule has 0 radical (unpaired) electrons. The van der Waals surface area contributed by atoms with Crippen molar-refractivity contribution in [2.75, 3.05) is 6.54 Å². The van der Waals surface area contributed by atoms with Gasteiger partial charge in [-0.2, -0.15) is 4.98 Å². The van der Waals surface area contributed by atoms with Gasteiger partial charge in [0.05, 0.1) is 0 Å². The van der Waals surface area contributed by atoms with Crippen molar-refractivity contribution in [3.8, 4) is 11.5 Å². The molecule has 2 unspecified atom stereocenters. The van der Waals surface area contributed by atoms with Gasteiger partial charge in [-0.05, 0) is 37.4 Å². The number of rotatable bonds is 6. The third-order valence-corrected chi connectivity index (χ3v) is 4.24. The van der Waals surface area contributed by atoms with Crippen LogP contribution in [0.5, 0.6) is 0 Å². The minimum absolute atomic E-state index is 0. The average Bonchev–Trinajstić information content (AvgIpc) is 3.23. The van der Waals surface area contributed by atoms with Gasteiger partial charge < -0.3 is 15.6 Å². The summed E-state index contributed by atoms with van der Waals surface area (Å²) in [5.74, 6) is 1.30. The van der Waals surface area contributed by atoms with E-state index in [0.29, 0.717) is 42.7 Å². The van der Waals surface area contributed by atoms with Gasteiger partial charge in [0.2, 0.25) is 17.6 Å². The largest absolute Gasteiger partial charge is 0.353 e.